The van der Waals surface area contributed by atoms with Crippen molar-refractivity contribution in [1.82, 2.24) is 4.98 Å². The van der Waals surface area contributed by atoms with Gasteiger partial charge in [0.2, 0.25) is 0 Å². The van der Waals surface area contributed by atoms with Gasteiger partial charge in [0.1, 0.15) is 0 Å². The molecule has 0 radical (unpaired) electrons. The topological polar surface area (TPSA) is 76.1 Å². The van der Waals surface area contributed by atoms with E-state index in [0.717, 1.165) is 14.6 Å². The Bertz CT molecular complexity index is 1040. The SMILES string of the molecule is CSc1nc2ccc(NC(=O)c3cccc(CS(C)(=O)=O)c3)cc2s1. The number of benzene rings is 2. The zero-order chi connectivity index (χ0) is 18.0. The first-order valence-electron chi connectivity index (χ1n) is 7.37. The molecule has 0 saturated heterocycles. The second kappa shape index (κ2) is 7.15. The third kappa shape index (κ3) is 4.59. The highest BCUT2D eigenvalue weighted by molar-refractivity contribution is 8.00. The highest BCUT2D eigenvalue weighted by Crippen LogP contribution is 2.30. The number of thioether (sulfide) groups is 1. The fourth-order valence-corrected chi connectivity index (χ4v) is 4.69. The summed E-state index contributed by atoms with van der Waals surface area (Å²) in [4.78, 5) is 16.9. The molecular formula is C17H16N2O3S3. The van der Waals surface area contributed by atoms with Crippen LogP contribution in [-0.2, 0) is 15.6 Å². The van der Waals surface area contributed by atoms with Crippen molar-refractivity contribution >= 4 is 54.7 Å². The molecule has 0 aliphatic heterocycles. The van der Waals surface area contributed by atoms with Crippen LogP contribution < -0.4 is 5.32 Å². The van der Waals surface area contributed by atoms with Crippen molar-refractivity contribution < 1.29 is 13.2 Å². The molecule has 0 unspecified atom stereocenters. The summed E-state index contributed by atoms with van der Waals surface area (Å²) in [6.45, 7) is 0. The molecule has 0 spiro atoms. The molecule has 0 atom stereocenters. The summed E-state index contributed by atoms with van der Waals surface area (Å²) in [6.07, 6.45) is 3.15. The van der Waals surface area contributed by atoms with E-state index in [0.29, 0.717) is 16.8 Å². The van der Waals surface area contributed by atoms with Gasteiger partial charge in [-0.2, -0.15) is 0 Å². The van der Waals surface area contributed by atoms with Crippen molar-refractivity contribution in [2.24, 2.45) is 0 Å². The van der Waals surface area contributed by atoms with Gasteiger partial charge in [-0.05, 0) is 42.2 Å². The molecule has 3 rings (SSSR count). The summed E-state index contributed by atoms with van der Waals surface area (Å²) in [5.41, 5.74) is 2.61. The van der Waals surface area contributed by atoms with Crippen molar-refractivity contribution in [3.05, 3.63) is 53.6 Å². The first kappa shape index (κ1) is 17.9. The van der Waals surface area contributed by atoms with Crippen LogP contribution in [0.3, 0.4) is 0 Å². The molecule has 3 aromatic rings. The van der Waals surface area contributed by atoms with E-state index in [1.54, 1.807) is 47.4 Å². The molecule has 8 heteroatoms. The lowest BCUT2D eigenvalue weighted by atomic mass is 10.1. The van der Waals surface area contributed by atoms with Crippen LogP contribution >= 0.6 is 23.1 Å². The number of hydrogen-bond acceptors (Lipinski definition) is 6. The van der Waals surface area contributed by atoms with Crippen LogP contribution in [0.15, 0.2) is 46.8 Å². The number of rotatable bonds is 5. The molecule has 1 amide bonds. The lowest BCUT2D eigenvalue weighted by Crippen LogP contribution is -2.12. The maximum Gasteiger partial charge on any atom is 0.255 e. The Hall–Kier alpha value is -1.90. The number of amides is 1. The van der Waals surface area contributed by atoms with Crippen LogP contribution in [0.1, 0.15) is 15.9 Å². The van der Waals surface area contributed by atoms with E-state index in [9.17, 15) is 13.2 Å². The van der Waals surface area contributed by atoms with Gasteiger partial charge in [0.05, 0.1) is 16.0 Å². The Kier molecular flexibility index (Phi) is 5.12. The first-order chi connectivity index (χ1) is 11.8. The number of thiazole rings is 1. The molecular weight excluding hydrogens is 376 g/mol. The zero-order valence-corrected chi connectivity index (χ0v) is 16.1. The second-order valence-corrected chi connectivity index (χ2v) is 9.82. The van der Waals surface area contributed by atoms with E-state index in [4.69, 9.17) is 0 Å². The van der Waals surface area contributed by atoms with Crippen LogP contribution in [0.25, 0.3) is 10.2 Å². The average molecular weight is 393 g/mol. The van der Waals surface area contributed by atoms with Gasteiger partial charge in [0.15, 0.2) is 14.2 Å². The van der Waals surface area contributed by atoms with Gasteiger partial charge < -0.3 is 5.32 Å². The number of nitrogens with one attached hydrogen (secondary N) is 1. The smallest absolute Gasteiger partial charge is 0.255 e. The van der Waals surface area contributed by atoms with Crippen LogP contribution in [0, 0.1) is 0 Å². The Labute approximate surface area is 154 Å². The maximum atomic E-state index is 12.5. The summed E-state index contributed by atoms with van der Waals surface area (Å²) in [7, 11) is -3.14. The predicted octanol–water partition coefficient (Wildman–Crippen LogP) is 3.82. The fraction of sp³-hybridized carbons (Fsp3) is 0.176. The van der Waals surface area contributed by atoms with Crippen molar-refractivity contribution in [2.75, 3.05) is 17.8 Å². The second-order valence-electron chi connectivity index (χ2n) is 5.59. The lowest BCUT2D eigenvalue weighted by Gasteiger charge is -2.07. The molecule has 0 aliphatic rings. The number of carbonyl (C=O) groups excluding carboxylic acids is 1. The third-order valence-electron chi connectivity index (χ3n) is 3.42. The Morgan fingerprint density at radius 2 is 2.04 bits per heavy atom. The molecule has 25 heavy (non-hydrogen) atoms. The number of carbonyl (C=O) groups is 1. The van der Waals surface area contributed by atoms with Crippen molar-refractivity contribution in [3.8, 4) is 0 Å². The van der Waals surface area contributed by atoms with Crippen LogP contribution in [0.4, 0.5) is 5.69 Å². The Morgan fingerprint density at radius 3 is 2.76 bits per heavy atom. The predicted molar refractivity (Wildman–Crippen MR) is 104 cm³/mol. The molecule has 1 N–H and O–H groups in total. The summed E-state index contributed by atoms with van der Waals surface area (Å²) in [6, 6.07) is 12.2. The minimum atomic E-state index is -3.14. The Morgan fingerprint density at radius 1 is 1.24 bits per heavy atom. The Balaban J connectivity index is 1.81. The lowest BCUT2D eigenvalue weighted by molar-refractivity contribution is 0.102. The van der Waals surface area contributed by atoms with Crippen molar-refractivity contribution in [2.45, 2.75) is 10.1 Å². The molecule has 0 fully saturated rings. The highest BCUT2D eigenvalue weighted by Gasteiger charge is 2.11. The van der Waals surface area contributed by atoms with Gasteiger partial charge in [-0.1, -0.05) is 23.9 Å². The largest absolute Gasteiger partial charge is 0.322 e. The molecule has 0 aliphatic carbocycles. The van der Waals surface area contributed by atoms with Crippen molar-refractivity contribution in [1.29, 1.82) is 0 Å². The molecule has 0 bridgehead atoms. The summed E-state index contributed by atoms with van der Waals surface area (Å²) in [5.74, 6) is -0.359. The standard InChI is InChI=1S/C17H16N2O3S3/c1-23-17-19-14-7-6-13(9-15(14)24-17)18-16(20)12-5-3-4-11(8-12)10-25(2,21)22/h3-9H,10H2,1-2H3,(H,18,20). The normalized spacial score (nSPS) is 11.6. The number of nitrogens with zero attached hydrogens (tertiary/aromatic N) is 1. The summed E-state index contributed by atoms with van der Waals surface area (Å²) in [5, 5.41) is 2.85. The van der Waals surface area contributed by atoms with E-state index >= 15 is 0 Å². The molecule has 1 aromatic heterocycles. The average Bonchev–Trinajstić information content (AvgIpc) is 2.96. The van der Waals surface area contributed by atoms with E-state index in [-0.39, 0.29) is 11.7 Å². The van der Waals surface area contributed by atoms with Gasteiger partial charge in [-0.25, -0.2) is 13.4 Å². The first-order valence-corrected chi connectivity index (χ1v) is 11.5. The summed E-state index contributed by atoms with van der Waals surface area (Å²) >= 11 is 3.17. The van der Waals surface area contributed by atoms with E-state index < -0.39 is 9.84 Å². The molecule has 130 valence electrons. The quantitative estimate of drug-likeness (QED) is 0.668. The zero-order valence-electron chi connectivity index (χ0n) is 13.6. The van der Waals surface area contributed by atoms with E-state index in [1.807, 2.05) is 24.5 Å². The number of fused-ring (bicyclic) bond motifs is 1. The number of hydrogen-bond donors (Lipinski definition) is 1. The molecule has 0 saturated carbocycles. The highest BCUT2D eigenvalue weighted by atomic mass is 32.2. The number of aromatic nitrogens is 1. The fourth-order valence-electron chi connectivity index (χ4n) is 2.38. The summed E-state index contributed by atoms with van der Waals surface area (Å²) < 4.78 is 24.8. The molecule has 1 heterocycles. The number of anilines is 1. The van der Waals surface area contributed by atoms with Gasteiger partial charge in [0, 0.05) is 17.5 Å². The maximum absolute atomic E-state index is 12.5. The van der Waals surface area contributed by atoms with Gasteiger partial charge in [-0.15, -0.1) is 11.3 Å². The van der Waals surface area contributed by atoms with Crippen LogP contribution in [-0.4, -0.2) is 31.8 Å². The van der Waals surface area contributed by atoms with Crippen molar-refractivity contribution in [3.63, 3.8) is 0 Å². The number of sulfone groups is 1. The third-order valence-corrected chi connectivity index (χ3v) is 6.28. The van der Waals surface area contributed by atoms with Crippen LogP contribution in [0.2, 0.25) is 0 Å². The van der Waals surface area contributed by atoms with Gasteiger partial charge in [0.25, 0.3) is 5.91 Å². The van der Waals surface area contributed by atoms with Crippen LogP contribution in [0.5, 0.6) is 0 Å². The molecule has 2 aromatic carbocycles. The van der Waals surface area contributed by atoms with E-state index in [1.165, 1.54) is 6.26 Å². The minimum Gasteiger partial charge on any atom is -0.322 e. The molecule has 5 nitrogen and oxygen atoms in total. The van der Waals surface area contributed by atoms with Gasteiger partial charge in [-0.3, -0.25) is 4.79 Å². The minimum absolute atomic E-state index is 0.0849. The van der Waals surface area contributed by atoms with E-state index in [2.05, 4.69) is 10.3 Å². The van der Waals surface area contributed by atoms with Gasteiger partial charge >= 0.3 is 0 Å². The monoisotopic (exact) mass is 392 g/mol.